The number of benzene rings is 1. The highest BCUT2D eigenvalue weighted by molar-refractivity contribution is 6.05. The van der Waals surface area contributed by atoms with Gasteiger partial charge < -0.3 is 19.8 Å². The average molecular weight is 372 g/mol. The minimum absolute atomic E-state index is 0.0817. The van der Waals surface area contributed by atoms with Crippen molar-refractivity contribution >= 4 is 27.8 Å². The summed E-state index contributed by atoms with van der Waals surface area (Å²) in [4.78, 5) is 32.2. The number of nitrogens with zero attached hydrogens (tertiary/aromatic N) is 2. The van der Waals surface area contributed by atoms with Gasteiger partial charge in [0.2, 0.25) is 5.91 Å². The van der Waals surface area contributed by atoms with Crippen molar-refractivity contribution in [2.75, 3.05) is 20.8 Å². The molecule has 144 valence electrons. The highest BCUT2D eigenvalue weighted by Crippen LogP contribution is 2.34. The zero-order valence-electron chi connectivity index (χ0n) is 16.0. The molecule has 2 N–H and O–H groups in total. The number of rotatable bonds is 7. The maximum absolute atomic E-state index is 12.8. The Morgan fingerprint density at radius 2 is 1.96 bits per heavy atom. The second-order valence-electron chi connectivity index (χ2n) is 6.79. The summed E-state index contributed by atoms with van der Waals surface area (Å²) in [5.74, 6) is 1.44. The van der Waals surface area contributed by atoms with Crippen LogP contribution in [0.4, 0.5) is 0 Å². The fourth-order valence-electron chi connectivity index (χ4n) is 2.91. The van der Waals surface area contributed by atoms with Crippen LogP contribution in [0, 0.1) is 5.92 Å². The van der Waals surface area contributed by atoms with Crippen LogP contribution in [0.1, 0.15) is 20.3 Å². The maximum atomic E-state index is 12.8. The van der Waals surface area contributed by atoms with Crippen molar-refractivity contribution in [2.45, 2.75) is 26.8 Å². The molecule has 0 aliphatic rings. The number of aromatic nitrogens is 3. The molecule has 3 aromatic rings. The number of H-pyrrole nitrogens is 1. The van der Waals surface area contributed by atoms with Crippen LogP contribution in [0.25, 0.3) is 21.9 Å². The maximum Gasteiger partial charge on any atom is 0.277 e. The van der Waals surface area contributed by atoms with Gasteiger partial charge in [0.1, 0.15) is 11.0 Å². The SMILES string of the molecule is COc1cc2[nH]c3c(=O)n(CCC(=O)NCC(C)C)cnc3c2cc1OC. The molecule has 0 aliphatic carbocycles. The first-order valence-corrected chi connectivity index (χ1v) is 8.84. The molecular formula is C19H24N4O4. The number of methoxy groups -OCH3 is 2. The lowest BCUT2D eigenvalue weighted by atomic mass is 10.2. The number of ether oxygens (including phenoxy) is 2. The smallest absolute Gasteiger partial charge is 0.277 e. The molecular weight excluding hydrogens is 348 g/mol. The Morgan fingerprint density at radius 3 is 2.63 bits per heavy atom. The van der Waals surface area contributed by atoms with Gasteiger partial charge in [-0.15, -0.1) is 0 Å². The largest absolute Gasteiger partial charge is 0.493 e. The molecule has 0 fully saturated rings. The van der Waals surface area contributed by atoms with Gasteiger partial charge in [-0.3, -0.25) is 14.2 Å². The second-order valence-corrected chi connectivity index (χ2v) is 6.79. The fraction of sp³-hybridized carbons (Fsp3) is 0.421. The zero-order valence-corrected chi connectivity index (χ0v) is 16.0. The summed E-state index contributed by atoms with van der Waals surface area (Å²) in [7, 11) is 3.12. The lowest BCUT2D eigenvalue weighted by Crippen LogP contribution is -2.30. The third-order valence-corrected chi connectivity index (χ3v) is 4.36. The van der Waals surface area contributed by atoms with Gasteiger partial charge in [0.05, 0.1) is 26.1 Å². The van der Waals surface area contributed by atoms with Gasteiger partial charge in [-0.05, 0) is 12.0 Å². The van der Waals surface area contributed by atoms with Gasteiger partial charge in [-0.1, -0.05) is 13.8 Å². The molecule has 0 atom stereocenters. The van der Waals surface area contributed by atoms with Crippen LogP contribution >= 0.6 is 0 Å². The molecule has 0 radical (unpaired) electrons. The van der Waals surface area contributed by atoms with Crippen molar-refractivity contribution in [1.29, 1.82) is 0 Å². The number of amides is 1. The number of carbonyl (C=O) groups excluding carboxylic acids is 1. The number of carbonyl (C=O) groups is 1. The van der Waals surface area contributed by atoms with E-state index >= 15 is 0 Å². The minimum Gasteiger partial charge on any atom is -0.493 e. The van der Waals surface area contributed by atoms with Gasteiger partial charge >= 0.3 is 0 Å². The Kier molecular flexibility index (Phi) is 5.34. The monoisotopic (exact) mass is 372 g/mol. The van der Waals surface area contributed by atoms with Crippen LogP contribution in [-0.4, -0.2) is 41.2 Å². The summed E-state index contributed by atoms with van der Waals surface area (Å²) in [6.07, 6.45) is 1.70. The van der Waals surface area contributed by atoms with E-state index in [1.807, 2.05) is 13.8 Å². The summed E-state index contributed by atoms with van der Waals surface area (Å²) in [6, 6.07) is 3.57. The van der Waals surface area contributed by atoms with Crippen molar-refractivity contribution in [3.63, 3.8) is 0 Å². The number of nitrogens with one attached hydrogen (secondary N) is 2. The molecule has 2 aromatic heterocycles. The van der Waals surface area contributed by atoms with E-state index in [9.17, 15) is 9.59 Å². The summed E-state index contributed by atoms with van der Waals surface area (Å²) in [5, 5.41) is 3.62. The first kappa shape index (κ1) is 18.8. The van der Waals surface area contributed by atoms with Crippen molar-refractivity contribution in [2.24, 2.45) is 5.92 Å². The van der Waals surface area contributed by atoms with E-state index in [1.54, 1.807) is 26.4 Å². The van der Waals surface area contributed by atoms with Crippen LogP contribution in [0.2, 0.25) is 0 Å². The van der Waals surface area contributed by atoms with Crippen molar-refractivity contribution in [1.82, 2.24) is 19.9 Å². The lowest BCUT2D eigenvalue weighted by molar-refractivity contribution is -0.121. The molecule has 0 saturated carbocycles. The van der Waals surface area contributed by atoms with Crippen LogP contribution in [0.15, 0.2) is 23.3 Å². The molecule has 1 amide bonds. The normalized spacial score (nSPS) is 11.3. The predicted octanol–water partition coefficient (Wildman–Crippen LogP) is 2.06. The van der Waals surface area contributed by atoms with Crippen molar-refractivity contribution in [3.05, 3.63) is 28.8 Å². The van der Waals surface area contributed by atoms with Crippen LogP contribution in [0.3, 0.4) is 0 Å². The third-order valence-electron chi connectivity index (χ3n) is 4.36. The summed E-state index contributed by atoms with van der Waals surface area (Å²) in [5.41, 5.74) is 1.48. The summed E-state index contributed by atoms with van der Waals surface area (Å²) < 4.78 is 12.1. The number of aryl methyl sites for hydroxylation is 1. The fourth-order valence-corrected chi connectivity index (χ4v) is 2.91. The Morgan fingerprint density at radius 1 is 1.26 bits per heavy atom. The predicted molar refractivity (Wildman–Crippen MR) is 103 cm³/mol. The van der Waals surface area contributed by atoms with Crippen molar-refractivity contribution < 1.29 is 14.3 Å². The molecule has 2 heterocycles. The van der Waals surface area contributed by atoms with E-state index in [-0.39, 0.29) is 24.4 Å². The minimum atomic E-state index is -0.217. The first-order valence-electron chi connectivity index (χ1n) is 8.84. The highest BCUT2D eigenvalue weighted by atomic mass is 16.5. The zero-order chi connectivity index (χ0) is 19.6. The molecule has 3 rings (SSSR count). The standard InChI is InChI=1S/C19H24N4O4/c1-11(2)9-20-16(24)5-6-23-10-21-17-12-7-14(26-3)15(27-4)8-13(12)22-18(17)19(23)25/h7-8,10-11,22H,5-6,9H2,1-4H3,(H,20,24). The van der Waals surface area contributed by atoms with Crippen LogP contribution in [-0.2, 0) is 11.3 Å². The summed E-state index contributed by atoms with van der Waals surface area (Å²) in [6.45, 7) is 4.95. The Hall–Kier alpha value is -3.03. The molecule has 1 aromatic carbocycles. The van der Waals surface area contributed by atoms with E-state index in [2.05, 4.69) is 15.3 Å². The number of hydrogen-bond acceptors (Lipinski definition) is 5. The number of hydrogen-bond donors (Lipinski definition) is 2. The van der Waals surface area contributed by atoms with E-state index in [0.29, 0.717) is 35.0 Å². The van der Waals surface area contributed by atoms with Gasteiger partial charge in [0.25, 0.3) is 5.56 Å². The molecule has 0 bridgehead atoms. The quantitative estimate of drug-likeness (QED) is 0.661. The molecule has 8 heteroatoms. The van der Waals surface area contributed by atoms with Gasteiger partial charge in [0, 0.05) is 31.0 Å². The van der Waals surface area contributed by atoms with E-state index in [0.717, 1.165) is 10.9 Å². The van der Waals surface area contributed by atoms with Gasteiger partial charge in [-0.25, -0.2) is 4.98 Å². The molecule has 0 unspecified atom stereocenters. The first-order chi connectivity index (χ1) is 12.9. The lowest BCUT2D eigenvalue weighted by Gasteiger charge is -2.08. The van der Waals surface area contributed by atoms with E-state index in [1.165, 1.54) is 10.9 Å². The molecule has 0 saturated heterocycles. The van der Waals surface area contributed by atoms with Gasteiger partial charge in [0.15, 0.2) is 11.5 Å². The number of aromatic amines is 1. The van der Waals surface area contributed by atoms with Gasteiger partial charge in [-0.2, -0.15) is 0 Å². The Bertz CT molecular complexity index is 1040. The average Bonchev–Trinajstić information content (AvgIpc) is 3.03. The molecule has 0 aliphatic heterocycles. The van der Waals surface area contributed by atoms with Crippen LogP contribution in [0.5, 0.6) is 11.5 Å². The number of fused-ring (bicyclic) bond motifs is 3. The summed E-state index contributed by atoms with van der Waals surface area (Å²) >= 11 is 0. The topological polar surface area (TPSA) is 98.2 Å². The van der Waals surface area contributed by atoms with Crippen molar-refractivity contribution in [3.8, 4) is 11.5 Å². The Balaban J connectivity index is 1.92. The molecule has 8 nitrogen and oxygen atoms in total. The highest BCUT2D eigenvalue weighted by Gasteiger charge is 2.15. The molecule has 0 spiro atoms. The third kappa shape index (κ3) is 3.74. The molecule has 27 heavy (non-hydrogen) atoms. The van der Waals surface area contributed by atoms with E-state index < -0.39 is 0 Å². The Labute approximate surface area is 156 Å². The van der Waals surface area contributed by atoms with E-state index in [4.69, 9.17) is 9.47 Å². The second kappa shape index (κ2) is 7.69. The van der Waals surface area contributed by atoms with Crippen LogP contribution < -0.4 is 20.3 Å².